The maximum absolute atomic E-state index is 12.4. The maximum atomic E-state index is 12.4. The van der Waals surface area contributed by atoms with Crippen LogP contribution in [0.1, 0.15) is 5.56 Å². The van der Waals surface area contributed by atoms with E-state index in [1.54, 1.807) is 0 Å². The van der Waals surface area contributed by atoms with E-state index in [1.165, 1.54) is 36.4 Å². The van der Waals surface area contributed by atoms with Gasteiger partial charge in [0, 0.05) is 24.3 Å². The van der Waals surface area contributed by atoms with Crippen LogP contribution in [0.5, 0.6) is 40.2 Å². The summed E-state index contributed by atoms with van der Waals surface area (Å²) in [6, 6.07) is 10.8. The lowest BCUT2D eigenvalue weighted by atomic mass is 9.99. The van der Waals surface area contributed by atoms with Crippen LogP contribution >= 0.6 is 0 Å². The molecule has 19 heteroatoms. The molecule has 0 saturated carbocycles. The molecule has 55 heavy (non-hydrogen) atoms. The summed E-state index contributed by atoms with van der Waals surface area (Å²) in [5.74, 6) is -3.95. The number of hydrogen-bond acceptors (Lipinski definition) is 18. The second-order valence-corrected chi connectivity index (χ2v) is 12.7. The molecule has 0 radical (unpaired) electrons. The average molecular weight is 774 g/mol. The predicted octanol–water partition coefficient (Wildman–Crippen LogP) is -0.469. The van der Waals surface area contributed by atoms with Crippen LogP contribution < -0.4 is 9.47 Å². The van der Waals surface area contributed by atoms with Gasteiger partial charge in [0.05, 0.1) is 18.2 Å². The highest BCUT2D eigenvalue weighted by Gasteiger charge is 2.47. The lowest BCUT2D eigenvalue weighted by Gasteiger charge is -2.40. The van der Waals surface area contributed by atoms with Crippen LogP contribution in [-0.4, -0.2) is 142 Å². The Hall–Kier alpha value is -5.48. The van der Waals surface area contributed by atoms with Crippen molar-refractivity contribution in [2.45, 2.75) is 61.4 Å². The highest BCUT2D eigenvalue weighted by Crippen LogP contribution is 2.43. The molecule has 3 heterocycles. The third kappa shape index (κ3) is 8.29. The summed E-state index contributed by atoms with van der Waals surface area (Å²) in [6.45, 7) is -1.42. The smallest absolute Gasteiger partial charge is 0.402 e. The summed E-state index contributed by atoms with van der Waals surface area (Å²) in [6.07, 6.45) is -15.1. The molecule has 3 aromatic carbocycles. The number of phenols is 5. The molecule has 294 valence electrons. The highest BCUT2D eigenvalue weighted by molar-refractivity contribution is 5.89. The number of benzene rings is 3. The van der Waals surface area contributed by atoms with E-state index in [4.69, 9.17) is 28.1 Å². The number of carbonyl (C=O) groups is 1. The molecule has 1 aromatic heterocycles. The summed E-state index contributed by atoms with van der Waals surface area (Å²) in [7, 11) is 0. The Labute approximate surface area is 309 Å². The van der Waals surface area contributed by atoms with Crippen LogP contribution in [0.2, 0.25) is 0 Å². The number of aromatic hydroxyl groups is 5. The van der Waals surface area contributed by atoms with Gasteiger partial charge in [0.2, 0.25) is 18.3 Å². The first-order valence-electron chi connectivity index (χ1n) is 16.5. The third-order valence-electron chi connectivity index (χ3n) is 8.84. The Morgan fingerprint density at radius 1 is 0.673 bits per heavy atom. The molecule has 4 aromatic rings. The average Bonchev–Trinajstić information content (AvgIpc) is 3.16. The van der Waals surface area contributed by atoms with Crippen molar-refractivity contribution in [3.05, 3.63) is 66.2 Å². The van der Waals surface area contributed by atoms with Crippen LogP contribution in [0.3, 0.4) is 0 Å². The van der Waals surface area contributed by atoms with Gasteiger partial charge in [0.15, 0.2) is 23.0 Å². The van der Waals surface area contributed by atoms with Crippen molar-refractivity contribution in [2.75, 3.05) is 13.2 Å². The number of esters is 1. The van der Waals surface area contributed by atoms with Crippen LogP contribution in [0, 0.1) is 0 Å². The molecule has 2 fully saturated rings. The fourth-order valence-electron chi connectivity index (χ4n) is 5.81. The molecule has 0 unspecified atom stereocenters. The molecule has 0 amide bonds. The van der Waals surface area contributed by atoms with Crippen LogP contribution in [-0.2, 0) is 19.0 Å². The first-order chi connectivity index (χ1) is 26.1. The number of ether oxygens (including phenoxy) is 5. The lowest BCUT2D eigenvalue weighted by molar-refractivity contribution is -0.278. The van der Waals surface area contributed by atoms with E-state index in [0.717, 1.165) is 30.3 Å². The van der Waals surface area contributed by atoms with E-state index >= 15 is 0 Å². The van der Waals surface area contributed by atoms with Gasteiger partial charge < -0.3 is 85.0 Å². The van der Waals surface area contributed by atoms with Gasteiger partial charge in [-0.25, -0.2) is 9.21 Å². The molecule has 0 spiro atoms. The zero-order chi connectivity index (χ0) is 39.7. The van der Waals surface area contributed by atoms with Crippen molar-refractivity contribution < 1.29 is 94.2 Å². The minimum atomic E-state index is -1.91. The molecule has 2 saturated heterocycles. The van der Waals surface area contributed by atoms with Crippen molar-refractivity contribution >= 4 is 23.0 Å². The third-order valence-corrected chi connectivity index (χ3v) is 8.84. The van der Waals surface area contributed by atoms with Crippen LogP contribution in [0.25, 0.3) is 28.4 Å². The van der Waals surface area contributed by atoms with Gasteiger partial charge in [0.25, 0.3) is 0 Å². The van der Waals surface area contributed by atoms with Gasteiger partial charge in [-0.2, -0.15) is 0 Å². The van der Waals surface area contributed by atoms with Gasteiger partial charge in [-0.1, -0.05) is 6.07 Å². The Balaban J connectivity index is 1.29. The number of aliphatic hydroxyl groups excluding tert-OH is 7. The standard InChI is InChI=1S/C36H36O19/c37-12-25-28(44)30(46)32(48)36(54-25)53-24-11-17-22(51-34(24)15-3-5-19(40)21(42)8-15)9-16(38)10-23(17)52-35-33(49)31(47)29(45)26(55-35)13-50-27(43)6-2-14-1-4-18(39)20(41)7-14/h1-11,25-26,28-33,35-37,44-49H,12-13H2,(H4-,38,39,40,41,42,43)/p+1/t25-,26-,28-,29-,30+,31+,32-,33-,35-,36-/m1/s1. The molecule has 12 N–H and O–H groups in total. The molecule has 0 bridgehead atoms. The monoisotopic (exact) mass is 773 g/mol. The Kier molecular flexibility index (Phi) is 11.5. The highest BCUT2D eigenvalue weighted by atomic mass is 16.7. The van der Waals surface area contributed by atoms with Gasteiger partial charge in [0.1, 0.15) is 72.3 Å². The second-order valence-electron chi connectivity index (χ2n) is 12.7. The summed E-state index contributed by atoms with van der Waals surface area (Å²) in [5.41, 5.74) is 0.302. The van der Waals surface area contributed by atoms with E-state index < -0.39 is 104 Å². The summed E-state index contributed by atoms with van der Waals surface area (Å²) in [5, 5.41) is 123. The molecule has 0 aliphatic carbocycles. The van der Waals surface area contributed by atoms with Gasteiger partial charge in [-0.3, -0.25) is 0 Å². The molecule has 2 aliphatic heterocycles. The minimum absolute atomic E-state index is 0.0195. The zero-order valence-corrected chi connectivity index (χ0v) is 28.3. The van der Waals surface area contributed by atoms with Crippen molar-refractivity contribution in [3.8, 4) is 51.6 Å². The fraction of sp³-hybridized carbons (Fsp3) is 0.333. The Morgan fingerprint density at radius 3 is 1.91 bits per heavy atom. The number of hydrogen-bond donors (Lipinski definition) is 12. The van der Waals surface area contributed by atoms with Crippen LogP contribution in [0.4, 0.5) is 0 Å². The first-order valence-corrected chi connectivity index (χ1v) is 16.5. The molecular weight excluding hydrogens is 736 g/mol. The normalized spacial score (nSPS) is 28.3. The first kappa shape index (κ1) is 39.2. The Bertz CT molecular complexity index is 2050. The van der Waals surface area contributed by atoms with E-state index in [-0.39, 0.29) is 39.5 Å². The van der Waals surface area contributed by atoms with Gasteiger partial charge in [-0.15, -0.1) is 0 Å². The number of aliphatic hydroxyl groups is 7. The van der Waals surface area contributed by atoms with Crippen molar-refractivity contribution in [3.63, 3.8) is 0 Å². The number of rotatable bonds is 10. The zero-order valence-electron chi connectivity index (χ0n) is 28.3. The topological polar surface area (TPSA) is 317 Å². The molecule has 10 atom stereocenters. The lowest BCUT2D eigenvalue weighted by Crippen LogP contribution is -2.60. The van der Waals surface area contributed by atoms with Gasteiger partial charge in [-0.05, 0) is 35.9 Å². The Morgan fingerprint density at radius 2 is 1.27 bits per heavy atom. The van der Waals surface area contributed by atoms with Crippen molar-refractivity contribution in [1.29, 1.82) is 0 Å². The van der Waals surface area contributed by atoms with E-state index in [1.807, 2.05) is 0 Å². The molecule has 2 aliphatic rings. The molecular formula is C36H37O19+. The van der Waals surface area contributed by atoms with E-state index in [9.17, 15) is 66.1 Å². The summed E-state index contributed by atoms with van der Waals surface area (Å²) >= 11 is 0. The maximum Gasteiger partial charge on any atom is 0.402 e. The largest absolute Gasteiger partial charge is 0.507 e. The van der Waals surface area contributed by atoms with Crippen molar-refractivity contribution in [2.24, 2.45) is 0 Å². The fourth-order valence-corrected chi connectivity index (χ4v) is 5.81. The quantitative estimate of drug-likeness (QED) is 0.0419. The predicted molar refractivity (Wildman–Crippen MR) is 183 cm³/mol. The number of phenolic OH excluding ortho intramolecular Hbond substituents is 5. The van der Waals surface area contributed by atoms with Crippen molar-refractivity contribution in [1.82, 2.24) is 0 Å². The molecule has 19 nitrogen and oxygen atoms in total. The van der Waals surface area contributed by atoms with Crippen LogP contribution in [0.15, 0.2) is 65.1 Å². The molecule has 6 rings (SSSR count). The minimum Gasteiger partial charge on any atom is -0.507 e. The van der Waals surface area contributed by atoms with E-state index in [0.29, 0.717) is 5.56 Å². The number of fused-ring (bicyclic) bond motifs is 1. The number of carbonyl (C=O) groups excluding carboxylic acids is 1. The SMILES string of the molecule is O=C(/C=C/c1ccc(O)c(O)c1)OC[C@H]1O[C@@H](Oc2cc(O)cc3[o+]c(-c4ccc(O)c(O)c4)c(O[C@@H]4O[C@H](CO)[C@@H](O)[C@H](O)[C@H]4O)cc23)[C@H](O)[C@@H](O)[C@@H]1O. The summed E-state index contributed by atoms with van der Waals surface area (Å²) in [4.78, 5) is 12.4. The second kappa shape index (κ2) is 16.1. The summed E-state index contributed by atoms with van der Waals surface area (Å²) < 4.78 is 34.1. The van der Waals surface area contributed by atoms with Gasteiger partial charge >= 0.3 is 17.3 Å². The van der Waals surface area contributed by atoms with E-state index in [2.05, 4.69) is 0 Å².